The van der Waals surface area contributed by atoms with E-state index in [0.29, 0.717) is 28.3 Å². The van der Waals surface area contributed by atoms with Crippen LogP contribution in [0.1, 0.15) is 16.1 Å². The summed E-state index contributed by atoms with van der Waals surface area (Å²) in [6.07, 6.45) is -0.665. The summed E-state index contributed by atoms with van der Waals surface area (Å²) in [5.41, 5.74) is 5.91. The van der Waals surface area contributed by atoms with Gasteiger partial charge in [0.1, 0.15) is 29.7 Å². The van der Waals surface area contributed by atoms with Gasteiger partial charge in [0.25, 0.3) is 0 Å². The number of aliphatic hydroxyl groups is 1. The first-order chi connectivity index (χ1) is 16.7. The molecule has 0 radical (unpaired) electrons. The van der Waals surface area contributed by atoms with Gasteiger partial charge in [-0.15, -0.1) is 0 Å². The molecule has 1 atom stereocenters. The lowest BCUT2D eigenvalue weighted by Gasteiger charge is -2.33. The van der Waals surface area contributed by atoms with Crippen LogP contribution >= 0.6 is 23.2 Å². The number of nitrogens with two attached hydrogens (primary N) is 1. The van der Waals surface area contributed by atoms with Gasteiger partial charge < -0.3 is 30.2 Å². The van der Waals surface area contributed by atoms with E-state index in [2.05, 4.69) is 22.2 Å². The molecule has 4 N–H and O–H groups in total. The molecule has 0 aliphatic carbocycles. The Morgan fingerprint density at radius 1 is 1.17 bits per heavy atom. The summed E-state index contributed by atoms with van der Waals surface area (Å²) in [6.45, 7) is 4.34. The van der Waals surface area contributed by atoms with Crippen molar-refractivity contribution in [2.75, 3.05) is 51.7 Å². The fourth-order valence-electron chi connectivity index (χ4n) is 3.94. The molecule has 4 rings (SSSR count). The highest BCUT2D eigenvalue weighted by molar-refractivity contribution is 6.37. The van der Waals surface area contributed by atoms with Crippen LogP contribution in [0.25, 0.3) is 11.0 Å². The molecule has 3 aromatic rings. The lowest BCUT2D eigenvalue weighted by molar-refractivity contribution is 0.0505. The normalized spacial score (nSPS) is 15.8. The number of likely N-dealkylation sites (N-methyl/N-ethyl adjacent to an activating group) is 1. The number of hydrogen-bond donors (Lipinski definition) is 3. The van der Waals surface area contributed by atoms with Crippen molar-refractivity contribution in [1.82, 2.24) is 9.80 Å². The average Bonchev–Trinajstić information content (AvgIpc) is 3.16. The molecule has 1 aliphatic rings. The molecule has 0 unspecified atom stereocenters. The number of urea groups is 1. The molecular weight excluding hydrogens is 495 g/mol. The number of nitrogens with one attached hydrogen (secondary N) is 1. The first kappa shape index (κ1) is 25.3. The summed E-state index contributed by atoms with van der Waals surface area (Å²) in [5, 5.41) is 13.8. The predicted molar refractivity (Wildman–Crippen MR) is 135 cm³/mol. The number of carbonyl (C=O) groups is 2. The van der Waals surface area contributed by atoms with E-state index in [9.17, 15) is 14.7 Å². The van der Waals surface area contributed by atoms with Gasteiger partial charge in [-0.05, 0) is 37.4 Å². The van der Waals surface area contributed by atoms with E-state index >= 15 is 0 Å². The number of anilines is 1. The quantitative estimate of drug-likeness (QED) is 0.389. The Hall–Kier alpha value is -2.82. The van der Waals surface area contributed by atoms with E-state index in [0.717, 1.165) is 26.2 Å². The Kier molecular flexibility index (Phi) is 7.83. The number of ether oxygens (including phenoxy) is 1. The van der Waals surface area contributed by atoms with Crippen molar-refractivity contribution < 1.29 is 23.8 Å². The molecule has 2 amide bonds. The first-order valence-corrected chi connectivity index (χ1v) is 11.8. The maximum absolute atomic E-state index is 13.2. The highest BCUT2D eigenvalue weighted by atomic mass is 35.5. The SMILES string of the molecule is CN1CCN(C[C@H](O)COc2ccc3c(NC(N)=O)c(C(=O)c4ccc(Cl)cc4Cl)oc3c2)CC1. The van der Waals surface area contributed by atoms with Gasteiger partial charge in [0, 0.05) is 54.8 Å². The van der Waals surface area contributed by atoms with Gasteiger partial charge in [-0.1, -0.05) is 23.2 Å². The number of halogens is 2. The number of hydrogen-bond acceptors (Lipinski definition) is 7. The number of amides is 2. The fourth-order valence-corrected chi connectivity index (χ4v) is 4.44. The fraction of sp³-hybridized carbons (Fsp3) is 0.333. The smallest absolute Gasteiger partial charge is 0.316 e. The van der Waals surface area contributed by atoms with Crippen molar-refractivity contribution in [3.8, 4) is 5.75 Å². The monoisotopic (exact) mass is 520 g/mol. The number of ketones is 1. The van der Waals surface area contributed by atoms with Crippen molar-refractivity contribution in [3.63, 3.8) is 0 Å². The van der Waals surface area contributed by atoms with Crippen LogP contribution in [0.15, 0.2) is 40.8 Å². The zero-order valence-corrected chi connectivity index (χ0v) is 20.6. The number of furan rings is 1. The van der Waals surface area contributed by atoms with Crippen LogP contribution in [0, 0.1) is 0 Å². The molecule has 0 saturated carbocycles. The largest absolute Gasteiger partial charge is 0.491 e. The molecule has 0 spiro atoms. The molecule has 186 valence electrons. The number of piperazine rings is 1. The molecule has 35 heavy (non-hydrogen) atoms. The van der Waals surface area contributed by atoms with E-state index in [1.165, 1.54) is 18.2 Å². The molecule has 1 aliphatic heterocycles. The first-order valence-electron chi connectivity index (χ1n) is 11.1. The zero-order valence-electron chi connectivity index (χ0n) is 19.1. The highest BCUT2D eigenvalue weighted by Crippen LogP contribution is 2.36. The second-order valence-electron chi connectivity index (χ2n) is 8.48. The summed E-state index contributed by atoms with van der Waals surface area (Å²) in [7, 11) is 2.08. The number of carbonyl (C=O) groups excluding carboxylic acids is 2. The van der Waals surface area contributed by atoms with Crippen LogP contribution in [-0.4, -0.2) is 79.2 Å². The maximum Gasteiger partial charge on any atom is 0.316 e. The van der Waals surface area contributed by atoms with Crippen LogP contribution in [-0.2, 0) is 0 Å². The van der Waals surface area contributed by atoms with Crippen molar-refractivity contribution in [3.05, 3.63) is 57.8 Å². The zero-order chi connectivity index (χ0) is 25.1. The van der Waals surface area contributed by atoms with E-state index in [-0.39, 0.29) is 28.6 Å². The second-order valence-corrected chi connectivity index (χ2v) is 9.32. The van der Waals surface area contributed by atoms with Crippen molar-refractivity contribution in [2.45, 2.75) is 6.10 Å². The van der Waals surface area contributed by atoms with Crippen LogP contribution < -0.4 is 15.8 Å². The van der Waals surface area contributed by atoms with Gasteiger partial charge in [-0.3, -0.25) is 9.69 Å². The Balaban J connectivity index is 1.53. The van der Waals surface area contributed by atoms with Crippen molar-refractivity contribution in [1.29, 1.82) is 0 Å². The van der Waals surface area contributed by atoms with Crippen LogP contribution in [0.4, 0.5) is 10.5 Å². The predicted octanol–water partition coefficient (Wildman–Crippen LogP) is 3.45. The molecule has 1 fully saturated rings. The third-order valence-corrected chi connectivity index (χ3v) is 6.35. The standard InChI is InChI=1S/C24H26Cl2N4O5/c1-29-6-8-30(9-7-29)12-15(31)13-34-16-3-5-18-20(11-16)35-23(21(18)28-24(27)33)22(32)17-4-2-14(25)10-19(17)26/h2-5,10-11,15,31H,6-9,12-13H2,1H3,(H3,27,28,33)/t15-/m0/s1. The lowest BCUT2D eigenvalue weighted by Crippen LogP contribution is -2.47. The summed E-state index contributed by atoms with van der Waals surface area (Å²) in [5.74, 6) is -0.232. The van der Waals surface area contributed by atoms with Crippen molar-refractivity contribution >= 4 is 51.7 Å². The highest BCUT2D eigenvalue weighted by Gasteiger charge is 2.25. The molecular formula is C24H26Cl2N4O5. The summed E-state index contributed by atoms with van der Waals surface area (Å²) in [4.78, 5) is 29.2. The van der Waals surface area contributed by atoms with Crippen LogP contribution in [0.3, 0.4) is 0 Å². The third kappa shape index (κ3) is 6.06. The van der Waals surface area contributed by atoms with Crippen LogP contribution in [0.5, 0.6) is 5.75 Å². The van der Waals surface area contributed by atoms with Gasteiger partial charge in [0.2, 0.25) is 5.78 Å². The topological polar surface area (TPSA) is 121 Å². The lowest BCUT2D eigenvalue weighted by atomic mass is 10.1. The molecule has 1 saturated heterocycles. The Labute approximate surface area is 212 Å². The minimum absolute atomic E-state index is 0.0944. The van der Waals surface area contributed by atoms with Gasteiger partial charge in [-0.25, -0.2) is 4.79 Å². The van der Waals surface area contributed by atoms with Gasteiger partial charge in [-0.2, -0.15) is 0 Å². The molecule has 9 nitrogen and oxygen atoms in total. The Morgan fingerprint density at radius 2 is 1.91 bits per heavy atom. The number of β-amino-alcohol motifs (C(OH)–C–C–N with tert-alkyl or cyclic N) is 1. The Morgan fingerprint density at radius 3 is 2.60 bits per heavy atom. The summed E-state index contributed by atoms with van der Waals surface area (Å²) in [6, 6.07) is 8.50. The summed E-state index contributed by atoms with van der Waals surface area (Å²) < 4.78 is 11.6. The number of primary amides is 1. The minimum atomic E-state index is -0.851. The second kappa shape index (κ2) is 10.8. The van der Waals surface area contributed by atoms with Crippen molar-refractivity contribution in [2.24, 2.45) is 5.73 Å². The minimum Gasteiger partial charge on any atom is -0.491 e. The van der Waals surface area contributed by atoms with Crippen LogP contribution in [0.2, 0.25) is 10.0 Å². The average molecular weight is 521 g/mol. The van der Waals surface area contributed by atoms with E-state index in [1.807, 2.05) is 0 Å². The Bertz CT molecular complexity index is 1240. The molecule has 2 heterocycles. The molecule has 1 aromatic heterocycles. The van der Waals surface area contributed by atoms with Gasteiger partial charge in [0.05, 0.1) is 5.02 Å². The third-order valence-electron chi connectivity index (χ3n) is 5.80. The maximum atomic E-state index is 13.2. The molecule has 0 bridgehead atoms. The number of rotatable bonds is 8. The van der Waals surface area contributed by atoms with E-state index in [1.54, 1.807) is 18.2 Å². The van der Waals surface area contributed by atoms with Gasteiger partial charge in [0.15, 0.2) is 5.76 Å². The molecule has 11 heteroatoms. The number of benzene rings is 2. The number of nitrogens with zero attached hydrogens (tertiary/aromatic N) is 2. The molecule has 2 aromatic carbocycles. The number of fused-ring (bicyclic) bond motifs is 1. The van der Waals surface area contributed by atoms with Gasteiger partial charge >= 0.3 is 6.03 Å². The van der Waals surface area contributed by atoms with E-state index in [4.69, 9.17) is 38.1 Å². The number of aliphatic hydroxyl groups excluding tert-OH is 1. The summed E-state index contributed by atoms with van der Waals surface area (Å²) >= 11 is 12.1. The van der Waals surface area contributed by atoms with E-state index < -0.39 is 17.9 Å².